The van der Waals surface area contributed by atoms with Crippen molar-refractivity contribution in [3.8, 4) is 0 Å². The van der Waals surface area contributed by atoms with E-state index in [2.05, 4.69) is 5.16 Å². The number of ether oxygens (including phenoxy) is 4. The third-order valence-corrected chi connectivity index (χ3v) is 7.23. The summed E-state index contributed by atoms with van der Waals surface area (Å²) in [6, 6.07) is 12.8. The van der Waals surface area contributed by atoms with Crippen LogP contribution in [-0.2, 0) is 36.0 Å². The van der Waals surface area contributed by atoms with E-state index >= 15 is 0 Å². The molecule has 0 saturated carbocycles. The first-order valence-electron chi connectivity index (χ1n) is 12.9. The number of rotatable bonds is 10. The van der Waals surface area contributed by atoms with Gasteiger partial charge in [-0.3, -0.25) is 0 Å². The molecule has 2 bridgehead atoms. The molecule has 212 valence electrons. The van der Waals surface area contributed by atoms with Gasteiger partial charge in [0.05, 0.1) is 18.9 Å². The molecule has 2 aromatic carbocycles. The largest absolute Gasteiger partial charge is 0.508 e. The summed E-state index contributed by atoms with van der Waals surface area (Å²) in [6.45, 7) is 5.55. The van der Waals surface area contributed by atoms with Crippen LogP contribution in [0.2, 0.25) is 5.02 Å². The molecule has 2 aliphatic rings. The number of nitrogens with zero attached hydrogens (tertiary/aromatic N) is 1. The number of fused-ring (bicyclic) bond motifs is 2. The second-order valence-corrected chi connectivity index (χ2v) is 10.1. The Morgan fingerprint density at radius 2 is 1.85 bits per heavy atom. The molecule has 0 radical (unpaired) electrons. The summed E-state index contributed by atoms with van der Waals surface area (Å²) in [4.78, 5) is 17.0. The molecular formula is C28H34ClNO9. The van der Waals surface area contributed by atoms with E-state index in [1.165, 1.54) is 0 Å². The van der Waals surface area contributed by atoms with E-state index in [9.17, 15) is 20.1 Å². The standard InChI is InChI=1S/C28H34ClNO9/c1-4-12-35-26(34)36-15-27-16-37-28(39-27,25(33)23(31)24(27)32)21-10-11-22(29)20(14-21)13-18-6-8-19(9-7-18)17(3)30-38-5-2/h6-11,14,23-25,31-33H,4-5,12-13,15-16H2,1-3H3/b30-17+/t23-,24-,25+,27-,28-/m0/s1. The molecule has 0 unspecified atom stereocenters. The highest BCUT2D eigenvalue weighted by molar-refractivity contribution is 6.31. The van der Waals surface area contributed by atoms with E-state index < -0.39 is 42.5 Å². The maximum absolute atomic E-state index is 11.9. The van der Waals surface area contributed by atoms with Gasteiger partial charge in [-0.1, -0.05) is 54.0 Å². The van der Waals surface area contributed by atoms with Crippen LogP contribution in [0.5, 0.6) is 0 Å². The molecule has 10 nitrogen and oxygen atoms in total. The minimum Gasteiger partial charge on any atom is -0.434 e. The first kappa shape index (κ1) is 29.3. The maximum Gasteiger partial charge on any atom is 0.508 e. The maximum atomic E-state index is 11.9. The van der Waals surface area contributed by atoms with Crippen LogP contribution >= 0.6 is 11.6 Å². The average molecular weight is 564 g/mol. The first-order valence-corrected chi connectivity index (χ1v) is 13.3. The summed E-state index contributed by atoms with van der Waals surface area (Å²) >= 11 is 6.52. The molecule has 0 aromatic heterocycles. The van der Waals surface area contributed by atoms with Crippen LogP contribution in [0.3, 0.4) is 0 Å². The van der Waals surface area contributed by atoms with Crippen molar-refractivity contribution in [1.29, 1.82) is 0 Å². The second kappa shape index (κ2) is 12.2. The van der Waals surface area contributed by atoms with Gasteiger partial charge in [0.25, 0.3) is 0 Å². The second-order valence-electron chi connectivity index (χ2n) is 9.66. The van der Waals surface area contributed by atoms with Gasteiger partial charge in [-0.2, -0.15) is 0 Å². The number of aliphatic hydroxyl groups is 3. The highest BCUT2D eigenvalue weighted by atomic mass is 35.5. The molecule has 4 rings (SSSR count). The van der Waals surface area contributed by atoms with Gasteiger partial charge in [0.15, 0.2) is 5.60 Å². The number of hydrogen-bond donors (Lipinski definition) is 3. The van der Waals surface area contributed by atoms with Crippen LogP contribution in [0, 0.1) is 0 Å². The molecule has 2 aromatic rings. The molecular weight excluding hydrogens is 530 g/mol. The van der Waals surface area contributed by atoms with Gasteiger partial charge in [0.2, 0.25) is 5.79 Å². The van der Waals surface area contributed by atoms with Crippen molar-refractivity contribution >= 4 is 23.5 Å². The molecule has 39 heavy (non-hydrogen) atoms. The topological polar surface area (TPSA) is 136 Å². The summed E-state index contributed by atoms with van der Waals surface area (Å²) in [5.41, 5.74) is 2.17. The minimum absolute atomic E-state index is 0.174. The van der Waals surface area contributed by atoms with Gasteiger partial charge in [-0.05, 0) is 55.5 Å². The minimum atomic E-state index is -1.81. The van der Waals surface area contributed by atoms with Crippen molar-refractivity contribution in [3.05, 3.63) is 69.7 Å². The van der Waals surface area contributed by atoms with Crippen molar-refractivity contribution in [1.82, 2.24) is 0 Å². The lowest BCUT2D eigenvalue weighted by molar-refractivity contribution is -0.329. The zero-order chi connectivity index (χ0) is 28.2. The molecule has 0 aliphatic carbocycles. The fourth-order valence-electron chi connectivity index (χ4n) is 4.69. The number of hydrogen-bond acceptors (Lipinski definition) is 10. The van der Waals surface area contributed by atoms with Crippen LogP contribution < -0.4 is 0 Å². The van der Waals surface area contributed by atoms with E-state index in [1.807, 2.05) is 45.0 Å². The predicted molar refractivity (Wildman–Crippen MR) is 142 cm³/mol. The zero-order valence-corrected chi connectivity index (χ0v) is 22.9. The Balaban J connectivity index is 1.57. The third kappa shape index (κ3) is 5.91. The summed E-state index contributed by atoms with van der Waals surface area (Å²) in [6.07, 6.45) is -4.70. The monoisotopic (exact) mass is 563 g/mol. The van der Waals surface area contributed by atoms with Gasteiger partial charge in [0, 0.05) is 10.6 Å². The Bertz CT molecular complexity index is 1190. The Labute approximate surface area is 232 Å². The van der Waals surface area contributed by atoms with Crippen molar-refractivity contribution in [2.75, 3.05) is 26.4 Å². The SMILES string of the molecule is CCCOC(=O)OC[C@@]12CO[C@@](c3ccc(Cl)c(Cc4ccc(/C(C)=N/OCC)cc4)c3)(O1)[C@H](O)[C@@H](O)[C@@H]2O. The highest BCUT2D eigenvalue weighted by Crippen LogP contribution is 2.50. The number of benzene rings is 2. The summed E-state index contributed by atoms with van der Waals surface area (Å²) in [7, 11) is 0. The average Bonchev–Trinajstić information content (AvgIpc) is 3.33. The zero-order valence-electron chi connectivity index (χ0n) is 22.1. The predicted octanol–water partition coefficient (Wildman–Crippen LogP) is 3.29. The van der Waals surface area contributed by atoms with Gasteiger partial charge in [-0.15, -0.1) is 0 Å². The van der Waals surface area contributed by atoms with Crippen LogP contribution in [0.15, 0.2) is 47.6 Å². The smallest absolute Gasteiger partial charge is 0.434 e. The number of oxime groups is 1. The van der Waals surface area contributed by atoms with E-state index in [1.54, 1.807) is 18.2 Å². The normalized spacial score (nSPS) is 28.3. The summed E-state index contributed by atoms with van der Waals surface area (Å²) in [5, 5.41) is 37.0. The Hall–Kier alpha value is -2.73. The van der Waals surface area contributed by atoms with Crippen molar-refractivity contribution < 1.29 is 43.9 Å². The Kier molecular flexibility index (Phi) is 9.15. The lowest BCUT2D eigenvalue weighted by Crippen LogP contribution is -2.65. The molecule has 3 N–H and O–H groups in total. The van der Waals surface area contributed by atoms with Crippen molar-refractivity contribution in [3.63, 3.8) is 0 Å². The number of carbonyl (C=O) groups excluding carboxylic acids is 1. The van der Waals surface area contributed by atoms with E-state index in [0.717, 1.165) is 22.4 Å². The first-order chi connectivity index (χ1) is 18.7. The highest BCUT2D eigenvalue weighted by Gasteiger charge is 2.67. The van der Waals surface area contributed by atoms with Crippen LogP contribution in [0.4, 0.5) is 4.79 Å². The molecule has 2 saturated heterocycles. The molecule has 0 spiro atoms. The van der Waals surface area contributed by atoms with Gasteiger partial charge in [-0.25, -0.2) is 4.79 Å². The lowest BCUT2D eigenvalue weighted by Gasteiger charge is -2.46. The fraction of sp³-hybridized carbons (Fsp3) is 0.500. The van der Waals surface area contributed by atoms with Gasteiger partial charge >= 0.3 is 6.16 Å². The Morgan fingerprint density at radius 3 is 2.54 bits per heavy atom. The molecule has 2 aliphatic heterocycles. The third-order valence-electron chi connectivity index (χ3n) is 6.86. The lowest BCUT2D eigenvalue weighted by atomic mass is 9.83. The van der Waals surface area contributed by atoms with Gasteiger partial charge in [0.1, 0.15) is 31.5 Å². The van der Waals surface area contributed by atoms with Crippen LogP contribution in [0.1, 0.15) is 49.4 Å². The Morgan fingerprint density at radius 1 is 1.10 bits per heavy atom. The van der Waals surface area contributed by atoms with Crippen LogP contribution in [-0.4, -0.2) is 77.5 Å². The summed E-state index contributed by atoms with van der Waals surface area (Å²) < 4.78 is 22.2. The van der Waals surface area contributed by atoms with E-state index in [-0.39, 0.29) is 13.2 Å². The molecule has 11 heteroatoms. The number of aliphatic hydroxyl groups excluding tert-OH is 3. The van der Waals surface area contributed by atoms with Gasteiger partial charge < -0.3 is 39.1 Å². The quantitative estimate of drug-likeness (QED) is 0.226. The van der Waals surface area contributed by atoms with Crippen molar-refractivity contribution in [2.24, 2.45) is 5.16 Å². The van der Waals surface area contributed by atoms with Crippen LogP contribution in [0.25, 0.3) is 0 Å². The molecule has 5 atom stereocenters. The van der Waals surface area contributed by atoms with Crippen molar-refractivity contribution in [2.45, 2.75) is 63.3 Å². The molecule has 2 fully saturated rings. The van der Waals surface area contributed by atoms with E-state index in [0.29, 0.717) is 30.0 Å². The molecule has 0 amide bonds. The summed E-state index contributed by atoms with van der Waals surface area (Å²) in [5.74, 6) is -1.81. The number of halogens is 1. The number of carbonyl (C=O) groups is 1. The molecule has 2 heterocycles. The fourth-order valence-corrected chi connectivity index (χ4v) is 4.88. The van der Waals surface area contributed by atoms with E-state index in [4.69, 9.17) is 35.4 Å².